The van der Waals surface area contributed by atoms with Crippen molar-refractivity contribution in [1.29, 1.82) is 0 Å². The third-order valence-electron chi connectivity index (χ3n) is 3.28. The quantitative estimate of drug-likeness (QED) is 0.806. The van der Waals surface area contributed by atoms with Gasteiger partial charge in [-0.3, -0.25) is 9.69 Å². The zero-order chi connectivity index (χ0) is 13.2. The van der Waals surface area contributed by atoms with E-state index in [1.807, 2.05) is 18.2 Å². The highest BCUT2D eigenvalue weighted by Crippen LogP contribution is 2.26. The van der Waals surface area contributed by atoms with Crippen LogP contribution < -0.4 is 4.90 Å². The Bertz CT molecular complexity index is 564. The third-order valence-corrected chi connectivity index (χ3v) is 3.72. The fourth-order valence-corrected chi connectivity index (χ4v) is 2.54. The summed E-state index contributed by atoms with van der Waals surface area (Å²) < 4.78 is 7.08. The van der Waals surface area contributed by atoms with Crippen molar-refractivity contribution >= 4 is 23.3 Å². The van der Waals surface area contributed by atoms with Crippen molar-refractivity contribution in [3.63, 3.8) is 0 Å². The molecular weight excluding hydrogens is 266 g/mol. The Morgan fingerprint density at radius 2 is 2.37 bits per heavy atom. The predicted molar refractivity (Wildman–Crippen MR) is 71.2 cm³/mol. The first-order valence-corrected chi connectivity index (χ1v) is 6.72. The minimum atomic E-state index is 0.104. The molecule has 1 atom stereocenters. The Morgan fingerprint density at radius 1 is 1.47 bits per heavy atom. The Labute approximate surface area is 115 Å². The van der Waals surface area contributed by atoms with E-state index in [-0.39, 0.29) is 11.8 Å². The van der Waals surface area contributed by atoms with Gasteiger partial charge in [0.25, 0.3) is 0 Å². The van der Waals surface area contributed by atoms with Crippen molar-refractivity contribution in [3.8, 4) is 0 Å². The second kappa shape index (κ2) is 5.09. The zero-order valence-corrected chi connectivity index (χ0v) is 11.1. The number of carbonyl (C=O) groups excluding carboxylic acids is 1. The molecule has 0 bridgehead atoms. The molecule has 0 spiro atoms. The van der Waals surface area contributed by atoms with Gasteiger partial charge in [-0.25, -0.2) is 4.68 Å². The Hall–Kier alpha value is -1.75. The van der Waals surface area contributed by atoms with Gasteiger partial charge in [-0.1, -0.05) is 0 Å². The number of anilines is 1. The number of carbonyl (C=O) groups is 1. The summed E-state index contributed by atoms with van der Waals surface area (Å²) in [7, 11) is 0. The summed E-state index contributed by atoms with van der Waals surface area (Å²) in [6.07, 6.45) is 3.83. The number of halogens is 1. The summed E-state index contributed by atoms with van der Waals surface area (Å²) in [5.41, 5.74) is 0. The second-order valence-corrected chi connectivity index (χ2v) is 4.96. The topological polar surface area (TPSA) is 51.3 Å². The van der Waals surface area contributed by atoms with Crippen LogP contribution in [0.25, 0.3) is 0 Å². The van der Waals surface area contributed by atoms with E-state index in [9.17, 15) is 4.79 Å². The van der Waals surface area contributed by atoms with E-state index >= 15 is 0 Å². The van der Waals surface area contributed by atoms with E-state index in [4.69, 9.17) is 16.0 Å². The van der Waals surface area contributed by atoms with Crippen LogP contribution in [0.4, 0.5) is 5.82 Å². The maximum absolute atomic E-state index is 12.0. The van der Waals surface area contributed by atoms with Crippen molar-refractivity contribution in [2.75, 3.05) is 17.3 Å². The first-order chi connectivity index (χ1) is 9.28. The number of aromatic nitrogens is 2. The maximum Gasteiger partial charge on any atom is 0.228 e. The summed E-state index contributed by atoms with van der Waals surface area (Å²) in [4.78, 5) is 13.8. The Morgan fingerprint density at radius 3 is 3.05 bits per heavy atom. The van der Waals surface area contributed by atoms with Crippen molar-refractivity contribution in [3.05, 3.63) is 36.4 Å². The number of rotatable bonds is 4. The second-order valence-electron chi connectivity index (χ2n) is 4.66. The number of hydrogen-bond acceptors (Lipinski definition) is 3. The third kappa shape index (κ3) is 2.38. The minimum absolute atomic E-state index is 0.104. The van der Waals surface area contributed by atoms with Crippen LogP contribution in [0.15, 0.2) is 35.1 Å². The number of alkyl halides is 1. The highest BCUT2D eigenvalue weighted by molar-refractivity contribution is 6.18. The van der Waals surface area contributed by atoms with Crippen LogP contribution in [-0.4, -0.2) is 28.1 Å². The molecule has 6 heteroatoms. The van der Waals surface area contributed by atoms with Gasteiger partial charge in [0.05, 0.1) is 12.5 Å². The van der Waals surface area contributed by atoms with Crippen LogP contribution in [0, 0.1) is 5.92 Å². The molecule has 0 N–H and O–H groups in total. The number of furan rings is 1. The van der Waals surface area contributed by atoms with Crippen LogP contribution in [0.2, 0.25) is 0 Å². The molecular formula is C13H14ClN3O2. The maximum atomic E-state index is 12.0. The van der Waals surface area contributed by atoms with Gasteiger partial charge in [0.1, 0.15) is 18.1 Å². The van der Waals surface area contributed by atoms with Gasteiger partial charge in [-0.05, 0) is 18.1 Å². The smallest absolute Gasteiger partial charge is 0.228 e. The summed E-state index contributed by atoms with van der Waals surface area (Å²) in [5, 5.41) is 4.25. The van der Waals surface area contributed by atoms with Gasteiger partial charge in [-0.15, -0.1) is 11.6 Å². The van der Waals surface area contributed by atoms with Gasteiger partial charge in [0, 0.05) is 24.9 Å². The summed E-state index contributed by atoms with van der Waals surface area (Å²) in [6.45, 7) is 1.18. The first kappa shape index (κ1) is 12.3. The SMILES string of the molecule is O=C1CC(CCl)CN1c1ccnn1Cc1ccco1. The molecule has 0 radical (unpaired) electrons. The normalized spacial score (nSPS) is 19.3. The molecule has 3 heterocycles. The van der Waals surface area contributed by atoms with Crippen molar-refractivity contribution < 1.29 is 9.21 Å². The standard InChI is InChI=1S/C13H14ClN3O2/c14-7-10-6-13(18)16(8-10)12-3-4-15-17(12)9-11-2-1-5-19-11/h1-5,10H,6-9H2. The number of hydrogen-bond donors (Lipinski definition) is 0. The molecule has 1 unspecified atom stereocenters. The minimum Gasteiger partial charge on any atom is -0.467 e. The highest BCUT2D eigenvalue weighted by Gasteiger charge is 2.31. The van der Waals surface area contributed by atoms with Crippen molar-refractivity contribution in [2.24, 2.45) is 5.92 Å². The molecule has 1 aliphatic rings. The fourth-order valence-electron chi connectivity index (χ4n) is 2.33. The van der Waals surface area contributed by atoms with Gasteiger partial charge in [0.15, 0.2) is 0 Å². The summed E-state index contributed by atoms with van der Waals surface area (Å²) >= 11 is 5.84. The van der Waals surface area contributed by atoms with Crippen LogP contribution >= 0.6 is 11.6 Å². The molecule has 5 nitrogen and oxygen atoms in total. The first-order valence-electron chi connectivity index (χ1n) is 6.18. The average Bonchev–Trinajstić information content (AvgIpc) is 3.10. The summed E-state index contributed by atoms with van der Waals surface area (Å²) in [5.74, 6) is 2.45. The molecule has 0 saturated carbocycles. The molecule has 2 aromatic rings. The van der Waals surface area contributed by atoms with E-state index in [0.717, 1.165) is 11.6 Å². The lowest BCUT2D eigenvalue weighted by Gasteiger charge is -2.17. The summed E-state index contributed by atoms with van der Waals surface area (Å²) in [6, 6.07) is 5.57. The molecule has 1 fully saturated rings. The van der Waals surface area contributed by atoms with E-state index in [0.29, 0.717) is 25.4 Å². The molecule has 1 aliphatic heterocycles. The van der Waals surface area contributed by atoms with Gasteiger partial charge in [0.2, 0.25) is 5.91 Å². The van der Waals surface area contributed by atoms with Crippen molar-refractivity contribution in [1.82, 2.24) is 9.78 Å². The molecule has 0 aromatic carbocycles. The molecule has 0 aliphatic carbocycles. The lowest BCUT2D eigenvalue weighted by molar-refractivity contribution is -0.117. The monoisotopic (exact) mass is 279 g/mol. The van der Waals surface area contributed by atoms with E-state index in [2.05, 4.69) is 5.10 Å². The average molecular weight is 280 g/mol. The van der Waals surface area contributed by atoms with Crippen molar-refractivity contribution in [2.45, 2.75) is 13.0 Å². The molecule has 3 rings (SSSR count). The molecule has 1 saturated heterocycles. The number of nitrogens with zero attached hydrogens (tertiary/aromatic N) is 3. The highest BCUT2D eigenvalue weighted by atomic mass is 35.5. The Kier molecular flexibility index (Phi) is 3.29. The largest absolute Gasteiger partial charge is 0.467 e. The molecule has 1 amide bonds. The molecule has 19 heavy (non-hydrogen) atoms. The van der Waals surface area contributed by atoms with Crippen LogP contribution in [0.5, 0.6) is 0 Å². The van der Waals surface area contributed by atoms with Gasteiger partial charge < -0.3 is 4.42 Å². The predicted octanol–water partition coefficient (Wildman–Crippen LogP) is 2.12. The lowest BCUT2D eigenvalue weighted by Crippen LogP contribution is -2.27. The van der Waals surface area contributed by atoms with E-state index in [1.165, 1.54) is 0 Å². The van der Waals surface area contributed by atoms with Crippen LogP contribution in [0.3, 0.4) is 0 Å². The van der Waals surface area contributed by atoms with Crippen LogP contribution in [0.1, 0.15) is 12.2 Å². The Balaban J connectivity index is 1.82. The fraction of sp³-hybridized carbons (Fsp3) is 0.385. The van der Waals surface area contributed by atoms with Gasteiger partial charge in [-0.2, -0.15) is 5.10 Å². The zero-order valence-electron chi connectivity index (χ0n) is 10.3. The molecule has 100 valence electrons. The van der Waals surface area contributed by atoms with E-state index < -0.39 is 0 Å². The lowest BCUT2D eigenvalue weighted by atomic mass is 10.1. The number of amides is 1. The van der Waals surface area contributed by atoms with Crippen LogP contribution in [-0.2, 0) is 11.3 Å². The molecule has 2 aromatic heterocycles. The van der Waals surface area contributed by atoms with Gasteiger partial charge >= 0.3 is 0 Å². The van der Waals surface area contributed by atoms with E-state index in [1.54, 1.807) is 22.0 Å².